The van der Waals surface area contributed by atoms with E-state index in [0.717, 1.165) is 29.3 Å². The first-order valence-electron chi connectivity index (χ1n) is 6.85. The summed E-state index contributed by atoms with van der Waals surface area (Å²) >= 11 is 1.71. The van der Waals surface area contributed by atoms with E-state index in [4.69, 9.17) is 15.5 Å². The van der Waals surface area contributed by atoms with E-state index in [1.54, 1.807) is 18.4 Å². The Morgan fingerprint density at radius 3 is 2.45 bits per heavy atom. The smallest absolute Gasteiger partial charge is 0.118 e. The molecular formula is C16H22N2OS. The Morgan fingerprint density at radius 2 is 1.95 bits per heavy atom. The van der Waals surface area contributed by atoms with Crippen LogP contribution in [0, 0.1) is 6.92 Å². The molecule has 4 heteroatoms. The van der Waals surface area contributed by atoms with Crippen LogP contribution < -0.4 is 10.5 Å². The molecule has 0 aliphatic heterocycles. The molecule has 0 aliphatic carbocycles. The minimum atomic E-state index is -0.433. The molecule has 2 rings (SSSR count). The number of nitrogens with zero attached hydrogens (tertiary/aromatic N) is 1. The third-order valence-corrected chi connectivity index (χ3v) is 4.74. The van der Waals surface area contributed by atoms with E-state index < -0.39 is 5.54 Å². The number of hydrogen-bond donors (Lipinski definition) is 1. The Bertz CT molecular complexity index is 573. The third-order valence-electron chi connectivity index (χ3n) is 3.45. The summed E-state index contributed by atoms with van der Waals surface area (Å²) in [6.45, 7) is 6.29. The number of nitrogens with two attached hydrogens (primary N) is 1. The Balaban J connectivity index is 2.20. The first-order chi connectivity index (χ1) is 9.46. The minimum absolute atomic E-state index is 0.433. The van der Waals surface area contributed by atoms with Crippen molar-refractivity contribution in [3.8, 4) is 5.75 Å². The van der Waals surface area contributed by atoms with Gasteiger partial charge in [0, 0.05) is 4.88 Å². The van der Waals surface area contributed by atoms with Gasteiger partial charge in [0.05, 0.1) is 18.3 Å². The van der Waals surface area contributed by atoms with E-state index >= 15 is 0 Å². The SMILES string of the molecule is CCc1nc(C(C)(N)Cc2ccc(OC)cc2)sc1C. The maximum Gasteiger partial charge on any atom is 0.118 e. The molecule has 2 N–H and O–H groups in total. The van der Waals surface area contributed by atoms with Crippen LogP contribution >= 0.6 is 11.3 Å². The van der Waals surface area contributed by atoms with Crippen molar-refractivity contribution >= 4 is 11.3 Å². The predicted octanol–water partition coefficient (Wildman–Crippen LogP) is 3.44. The second-order valence-corrected chi connectivity index (χ2v) is 6.52. The highest BCUT2D eigenvalue weighted by Crippen LogP contribution is 2.29. The molecule has 0 saturated carbocycles. The molecule has 0 fully saturated rings. The molecule has 108 valence electrons. The van der Waals surface area contributed by atoms with Gasteiger partial charge in [-0.3, -0.25) is 0 Å². The van der Waals surface area contributed by atoms with Crippen molar-refractivity contribution in [2.45, 2.75) is 39.2 Å². The van der Waals surface area contributed by atoms with Crippen molar-refractivity contribution in [2.24, 2.45) is 5.73 Å². The molecule has 1 unspecified atom stereocenters. The zero-order valence-corrected chi connectivity index (χ0v) is 13.4. The van der Waals surface area contributed by atoms with Gasteiger partial charge >= 0.3 is 0 Å². The van der Waals surface area contributed by atoms with Crippen LogP contribution in [0.2, 0.25) is 0 Å². The van der Waals surface area contributed by atoms with Gasteiger partial charge in [0.2, 0.25) is 0 Å². The lowest BCUT2D eigenvalue weighted by molar-refractivity contribution is 0.414. The molecule has 3 nitrogen and oxygen atoms in total. The molecule has 0 aliphatic rings. The van der Waals surface area contributed by atoms with Crippen molar-refractivity contribution in [3.63, 3.8) is 0 Å². The summed E-state index contributed by atoms with van der Waals surface area (Å²) in [6, 6.07) is 8.06. The third kappa shape index (κ3) is 3.19. The highest BCUT2D eigenvalue weighted by molar-refractivity contribution is 7.11. The fraction of sp³-hybridized carbons (Fsp3) is 0.438. The van der Waals surface area contributed by atoms with E-state index in [-0.39, 0.29) is 0 Å². The lowest BCUT2D eigenvalue weighted by Crippen LogP contribution is -2.35. The van der Waals surface area contributed by atoms with Gasteiger partial charge in [0.15, 0.2) is 0 Å². The monoisotopic (exact) mass is 290 g/mol. The number of rotatable bonds is 5. The fourth-order valence-electron chi connectivity index (χ4n) is 2.24. The quantitative estimate of drug-likeness (QED) is 0.917. The lowest BCUT2D eigenvalue weighted by Gasteiger charge is -2.22. The Kier molecular flexibility index (Phi) is 4.45. The molecule has 0 spiro atoms. The van der Waals surface area contributed by atoms with Gasteiger partial charge in [-0.1, -0.05) is 19.1 Å². The first kappa shape index (κ1) is 15.0. The van der Waals surface area contributed by atoms with Crippen LogP contribution in [-0.4, -0.2) is 12.1 Å². The summed E-state index contributed by atoms with van der Waals surface area (Å²) < 4.78 is 5.18. The topological polar surface area (TPSA) is 48.1 Å². The van der Waals surface area contributed by atoms with Gasteiger partial charge in [0.25, 0.3) is 0 Å². The van der Waals surface area contributed by atoms with Crippen LogP contribution in [0.15, 0.2) is 24.3 Å². The summed E-state index contributed by atoms with van der Waals surface area (Å²) in [5, 5.41) is 1.02. The number of aromatic nitrogens is 1. The fourth-order valence-corrected chi connectivity index (χ4v) is 3.30. The predicted molar refractivity (Wildman–Crippen MR) is 84.5 cm³/mol. The highest BCUT2D eigenvalue weighted by atomic mass is 32.1. The molecule has 0 saturated heterocycles. The Hall–Kier alpha value is -1.39. The number of benzene rings is 1. The maximum atomic E-state index is 6.49. The van der Waals surface area contributed by atoms with Gasteiger partial charge in [-0.2, -0.15) is 0 Å². The van der Waals surface area contributed by atoms with E-state index in [9.17, 15) is 0 Å². The minimum Gasteiger partial charge on any atom is -0.497 e. The van der Waals surface area contributed by atoms with Crippen LogP contribution in [0.3, 0.4) is 0 Å². The molecule has 0 radical (unpaired) electrons. The van der Waals surface area contributed by atoms with Crippen molar-refractivity contribution in [2.75, 3.05) is 7.11 Å². The number of aryl methyl sites for hydroxylation is 2. The largest absolute Gasteiger partial charge is 0.497 e. The zero-order valence-electron chi connectivity index (χ0n) is 12.6. The molecular weight excluding hydrogens is 268 g/mol. The normalized spacial score (nSPS) is 14.1. The van der Waals surface area contributed by atoms with Gasteiger partial charge in [-0.05, 0) is 44.4 Å². The van der Waals surface area contributed by atoms with Crippen molar-refractivity contribution < 1.29 is 4.74 Å². The van der Waals surface area contributed by atoms with E-state index in [1.165, 1.54) is 10.4 Å². The van der Waals surface area contributed by atoms with E-state index in [1.807, 2.05) is 12.1 Å². The number of ether oxygens (including phenoxy) is 1. The average Bonchev–Trinajstić information content (AvgIpc) is 2.81. The summed E-state index contributed by atoms with van der Waals surface area (Å²) in [5.74, 6) is 0.867. The number of methoxy groups -OCH3 is 1. The van der Waals surface area contributed by atoms with Gasteiger partial charge < -0.3 is 10.5 Å². The van der Waals surface area contributed by atoms with Crippen molar-refractivity contribution in [1.82, 2.24) is 4.98 Å². The summed E-state index contributed by atoms with van der Waals surface area (Å²) in [6.07, 6.45) is 1.73. The van der Waals surface area contributed by atoms with Crippen LogP contribution in [0.25, 0.3) is 0 Å². The Morgan fingerprint density at radius 1 is 1.30 bits per heavy atom. The van der Waals surface area contributed by atoms with Gasteiger partial charge in [-0.15, -0.1) is 11.3 Å². The molecule has 2 aromatic rings. The number of hydrogen-bond acceptors (Lipinski definition) is 4. The van der Waals surface area contributed by atoms with Gasteiger partial charge in [0.1, 0.15) is 10.8 Å². The zero-order chi connectivity index (χ0) is 14.8. The van der Waals surface area contributed by atoms with Crippen LogP contribution in [-0.2, 0) is 18.4 Å². The van der Waals surface area contributed by atoms with E-state index in [0.29, 0.717) is 0 Å². The van der Waals surface area contributed by atoms with Crippen molar-refractivity contribution in [1.29, 1.82) is 0 Å². The Labute approximate surface area is 124 Å². The summed E-state index contributed by atoms with van der Waals surface area (Å²) in [5.41, 5.74) is 8.42. The molecule has 20 heavy (non-hydrogen) atoms. The second kappa shape index (κ2) is 5.94. The van der Waals surface area contributed by atoms with Crippen LogP contribution in [0.1, 0.15) is 35.0 Å². The number of thiazole rings is 1. The highest BCUT2D eigenvalue weighted by Gasteiger charge is 2.26. The second-order valence-electron chi connectivity index (χ2n) is 5.32. The molecule has 1 atom stereocenters. The molecule has 1 aromatic carbocycles. The van der Waals surface area contributed by atoms with E-state index in [2.05, 4.69) is 32.9 Å². The van der Waals surface area contributed by atoms with Crippen LogP contribution in [0.4, 0.5) is 0 Å². The maximum absolute atomic E-state index is 6.49. The molecule has 1 heterocycles. The standard InChI is InChI=1S/C16H22N2OS/c1-5-14-11(2)20-15(18-14)16(3,17)10-12-6-8-13(19-4)9-7-12/h6-9H,5,10,17H2,1-4H3. The summed E-state index contributed by atoms with van der Waals surface area (Å²) in [4.78, 5) is 5.97. The molecule has 1 aromatic heterocycles. The van der Waals surface area contributed by atoms with Gasteiger partial charge in [-0.25, -0.2) is 4.98 Å². The average molecular weight is 290 g/mol. The first-order valence-corrected chi connectivity index (χ1v) is 7.66. The molecule has 0 amide bonds. The summed E-state index contributed by atoms with van der Waals surface area (Å²) in [7, 11) is 1.67. The van der Waals surface area contributed by atoms with Crippen LogP contribution in [0.5, 0.6) is 5.75 Å². The molecule has 0 bridgehead atoms. The van der Waals surface area contributed by atoms with Crippen molar-refractivity contribution in [3.05, 3.63) is 45.4 Å². The lowest BCUT2D eigenvalue weighted by atomic mass is 9.94.